The highest BCUT2D eigenvalue weighted by Crippen LogP contribution is 2.27. The van der Waals surface area contributed by atoms with Crippen LogP contribution < -0.4 is 20.1 Å². The van der Waals surface area contributed by atoms with Gasteiger partial charge in [-0.2, -0.15) is 0 Å². The maximum absolute atomic E-state index is 5.32. The summed E-state index contributed by atoms with van der Waals surface area (Å²) in [5, 5.41) is 6.59. The van der Waals surface area contributed by atoms with E-state index in [4.69, 9.17) is 9.47 Å². The number of nitrogens with zero attached hydrogens (tertiary/aromatic N) is 1. The minimum Gasteiger partial charge on any atom is -0.493 e. The van der Waals surface area contributed by atoms with Gasteiger partial charge < -0.3 is 20.1 Å². The molecule has 0 aliphatic carbocycles. The van der Waals surface area contributed by atoms with Crippen molar-refractivity contribution in [1.82, 2.24) is 10.6 Å². The molecule has 128 valence electrons. The number of rotatable bonds is 6. The number of nitrogens with one attached hydrogen (secondary N) is 2. The van der Waals surface area contributed by atoms with Crippen molar-refractivity contribution in [3.05, 3.63) is 58.1 Å². The predicted molar refractivity (Wildman–Crippen MR) is 101 cm³/mol. The molecular weight excluding hydrogens is 370 g/mol. The summed E-state index contributed by atoms with van der Waals surface area (Å²) >= 11 is 3.48. The highest BCUT2D eigenvalue weighted by atomic mass is 79.9. The van der Waals surface area contributed by atoms with Gasteiger partial charge in [0.2, 0.25) is 0 Å². The average molecular weight is 392 g/mol. The summed E-state index contributed by atoms with van der Waals surface area (Å²) in [6, 6.07) is 14.0. The van der Waals surface area contributed by atoms with Gasteiger partial charge in [-0.1, -0.05) is 34.1 Å². The Labute approximate surface area is 151 Å². The maximum Gasteiger partial charge on any atom is 0.191 e. The van der Waals surface area contributed by atoms with Crippen LogP contribution in [0.5, 0.6) is 11.5 Å². The highest BCUT2D eigenvalue weighted by molar-refractivity contribution is 9.10. The molecule has 0 bridgehead atoms. The van der Waals surface area contributed by atoms with E-state index in [1.807, 2.05) is 30.3 Å². The van der Waals surface area contributed by atoms with Gasteiger partial charge in [0.25, 0.3) is 0 Å². The number of guanidine groups is 1. The third kappa shape index (κ3) is 5.16. The van der Waals surface area contributed by atoms with Crippen LogP contribution in [0.4, 0.5) is 0 Å². The molecule has 0 aliphatic rings. The molecule has 0 radical (unpaired) electrons. The maximum atomic E-state index is 5.32. The van der Waals surface area contributed by atoms with Crippen LogP contribution in [0.15, 0.2) is 51.9 Å². The summed E-state index contributed by atoms with van der Waals surface area (Å²) in [4.78, 5) is 4.24. The normalized spacial score (nSPS) is 11.1. The molecule has 0 heterocycles. The Kier molecular flexibility index (Phi) is 6.93. The van der Waals surface area contributed by atoms with Crippen LogP contribution in [-0.2, 0) is 13.1 Å². The molecule has 0 saturated heterocycles. The number of ether oxygens (including phenoxy) is 2. The molecule has 24 heavy (non-hydrogen) atoms. The Morgan fingerprint density at radius 3 is 2.21 bits per heavy atom. The minimum absolute atomic E-state index is 0.637. The van der Waals surface area contributed by atoms with Crippen LogP contribution in [-0.4, -0.2) is 27.2 Å². The van der Waals surface area contributed by atoms with E-state index in [-0.39, 0.29) is 0 Å². The first-order chi connectivity index (χ1) is 11.7. The number of benzene rings is 2. The molecule has 0 fully saturated rings. The van der Waals surface area contributed by atoms with Crippen LogP contribution in [0.25, 0.3) is 0 Å². The zero-order valence-electron chi connectivity index (χ0n) is 14.1. The number of methoxy groups -OCH3 is 2. The Morgan fingerprint density at radius 2 is 1.62 bits per heavy atom. The Bertz CT molecular complexity index is 704. The van der Waals surface area contributed by atoms with Crippen molar-refractivity contribution < 1.29 is 9.47 Å². The van der Waals surface area contributed by atoms with Gasteiger partial charge in [-0.05, 0) is 35.4 Å². The summed E-state index contributed by atoms with van der Waals surface area (Å²) in [6.07, 6.45) is 0. The Balaban J connectivity index is 1.92. The second kappa shape index (κ2) is 9.17. The average Bonchev–Trinajstić information content (AvgIpc) is 2.61. The van der Waals surface area contributed by atoms with Crippen LogP contribution in [0.3, 0.4) is 0 Å². The van der Waals surface area contributed by atoms with Crippen molar-refractivity contribution in [1.29, 1.82) is 0 Å². The monoisotopic (exact) mass is 391 g/mol. The quantitative estimate of drug-likeness (QED) is 0.585. The van der Waals surface area contributed by atoms with E-state index in [2.05, 4.69) is 43.7 Å². The predicted octanol–water partition coefficient (Wildman–Crippen LogP) is 3.33. The van der Waals surface area contributed by atoms with E-state index in [9.17, 15) is 0 Å². The van der Waals surface area contributed by atoms with E-state index in [0.29, 0.717) is 18.8 Å². The fourth-order valence-corrected chi connectivity index (χ4v) is 2.68. The number of aliphatic imine (C=N–C) groups is 1. The minimum atomic E-state index is 0.637. The molecule has 0 unspecified atom stereocenters. The van der Waals surface area contributed by atoms with Crippen LogP contribution in [0.2, 0.25) is 0 Å². The molecule has 6 heteroatoms. The first-order valence-corrected chi connectivity index (χ1v) is 8.35. The molecule has 0 spiro atoms. The molecule has 2 aromatic carbocycles. The molecule has 0 atom stereocenters. The smallest absolute Gasteiger partial charge is 0.191 e. The van der Waals surface area contributed by atoms with Gasteiger partial charge in [0.15, 0.2) is 17.5 Å². The molecule has 0 aromatic heterocycles. The second-order valence-corrected chi connectivity index (χ2v) is 6.01. The fourth-order valence-electron chi connectivity index (χ4n) is 2.23. The number of halogens is 1. The molecule has 2 aromatic rings. The van der Waals surface area contributed by atoms with Crippen molar-refractivity contribution in [2.24, 2.45) is 4.99 Å². The van der Waals surface area contributed by atoms with E-state index in [1.54, 1.807) is 21.3 Å². The van der Waals surface area contributed by atoms with Crippen molar-refractivity contribution in [3.63, 3.8) is 0 Å². The molecular formula is C18H22BrN3O2. The number of hydrogen-bond donors (Lipinski definition) is 2. The molecule has 0 aliphatic heterocycles. The van der Waals surface area contributed by atoms with Gasteiger partial charge in [0.1, 0.15) is 0 Å². The second-order valence-electron chi connectivity index (χ2n) is 5.10. The lowest BCUT2D eigenvalue weighted by atomic mass is 10.2. The fraction of sp³-hybridized carbons (Fsp3) is 0.278. The van der Waals surface area contributed by atoms with E-state index >= 15 is 0 Å². The SMILES string of the molecule is CN=C(NCc1cccc(Br)c1)NCc1ccc(OC)c(OC)c1. The molecule has 0 saturated carbocycles. The van der Waals surface area contributed by atoms with Gasteiger partial charge in [-0.15, -0.1) is 0 Å². The standard InChI is InChI=1S/C18H22BrN3O2/c1-20-18(21-11-13-5-4-6-15(19)9-13)22-12-14-7-8-16(23-2)17(10-14)24-3/h4-10H,11-12H2,1-3H3,(H2,20,21,22). The van der Waals surface area contributed by atoms with E-state index in [1.165, 1.54) is 5.56 Å². The lowest BCUT2D eigenvalue weighted by Crippen LogP contribution is -2.36. The summed E-state index contributed by atoms with van der Waals surface area (Å²) in [5.74, 6) is 2.18. The molecule has 2 rings (SSSR count). The summed E-state index contributed by atoms with van der Waals surface area (Å²) in [6.45, 7) is 1.34. The lowest BCUT2D eigenvalue weighted by molar-refractivity contribution is 0.354. The lowest BCUT2D eigenvalue weighted by Gasteiger charge is -2.13. The third-order valence-corrected chi connectivity index (χ3v) is 3.97. The van der Waals surface area contributed by atoms with E-state index in [0.717, 1.165) is 21.7 Å². The zero-order valence-corrected chi connectivity index (χ0v) is 15.7. The van der Waals surface area contributed by atoms with Crippen LogP contribution >= 0.6 is 15.9 Å². The van der Waals surface area contributed by atoms with Gasteiger partial charge in [-0.25, -0.2) is 0 Å². The first-order valence-electron chi connectivity index (χ1n) is 7.56. The zero-order chi connectivity index (χ0) is 17.4. The number of hydrogen-bond acceptors (Lipinski definition) is 3. The van der Waals surface area contributed by atoms with Gasteiger partial charge >= 0.3 is 0 Å². The van der Waals surface area contributed by atoms with Gasteiger partial charge in [-0.3, -0.25) is 4.99 Å². The van der Waals surface area contributed by atoms with Crippen molar-refractivity contribution in [2.75, 3.05) is 21.3 Å². The summed E-state index contributed by atoms with van der Waals surface area (Å²) in [5.41, 5.74) is 2.26. The third-order valence-electron chi connectivity index (χ3n) is 3.48. The Hall–Kier alpha value is -2.21. The van der Waals surface area contributed by atoms with Crippen molar-refractivity contribution in [2.45, 2.75) is 13.1 Å². The molecule has 0 amide bonds. The Morgan fingerprint density at radius 1 is 0.958 bits per heavy atom. The van der Waals surface area contributed by atoms with Crippen LogP contribution in [0, 0.1) is 0 Å². The highest BCUT2D eigenvalue weighted by Gasteiger charge is 2.05. The van der Waals surface area contributed by atoms with Gasteiger partial charge in [0, 0.05) is 24.6 Å². The molecule has 2 N–H and O–H groups in total. The van der Waals surface area contributed by atoms with Crippen molar-refractivity contribution >= 4 is 21.9 Å². The topological polar surface area (TPSA) is 54.9 Å². The van der Waals surface area contributed by atoms with Crippen molar-refractivity contribution in [3.8, 4) is 11.5 Å². The van der Waals surface area contributed by atoms with E-state index < -0.39 is 0 Å². The summed E-state index contributed by atoms with van der Waals surface area (Å²) < 4.78 is 11.6. The van der Waals surface area contributed by atoms with Gasteiger partial charge in [0.05, 0.1) is 14.2 Å². The molecule has 5 nitrogen and oxygen atoms in total. The first kappa shape index (κ1) is 18.1. The largest absolute Gasteiger partial charge is 0.493 e. The summed E-state index contributed by atoms with van der Waals surface area (Å²) in [7, 11) is 5.02. The van der Waals surface area contributed by atoms with Crippen LogP contribution in [0.1, 0.15) is 11.1 Å².